The molecule has 0 bridgehead atoms. The molecule has 4 nitrogen and oxygen atoms in total. The van der Waals surface area contributed by atoms with Crippen LogP contribution >= 0.6 is 0 Å². The van der Waals surface area contributed by atoms with Crippen LogP contribution in [0.25, 0.3) is 0 Å². The minimum Gasteiger partial charge on any atom is -0.497 e. The van der Waals surface area contributed by atoms with Gasteiger partial charge >= 0.3 is 0 Å². The number of hydrogen-bond acceptors (Lipinski definition) is 4. The average Bonchev–Trinajstić information content (AvgIpc) is 2.76. The van der Waals surface area contributed by atoms with Crippen LogP contribution in [0.2, 0.25) is 0 Å². The Balaban J connectivity index is 2.40. The van der Waals surface area contributed by atoms with Crippen molar-refractivity contribution in [2.24, 2.45) is 0 Å². The van der Waals surface area contributed by atoms with Gasteiger partial charge in [-0.2, -0.15) is 0 Å². The SMILES string of the molecule is COc1ccc(C(C)(O)c2ocnc2C)cc1. The van der Waals surface area contributed by atoms with Gasteiger partial charge in [0.25, 0.3) is 0 Å². The molecule has 2 aromatic rings. The van der Waals surface area contributed by atoms with Crippen molar-refractivity contribution in [2.45, 2.75) is 19.4 Å². The first-order valence-corrected chi connectivity index (χ1v) is 5.33. The Morgan fingerprint density at radius 3 is 2.41 bits per heavy atom. The van der Waals surface area contributed by atoms with Crippen LogP contribution in [0.1, 0.15) is 23.9 Å². The highest BCUT2D eigenvalue weighted by Gasteiger charge is 2.31. The number of oxazole rings is 1. The highest BCUT2D eigenvalue weighted by atomic mass is 16.5. The highest BCUT2D eigenvalue weighted by Crippen LogP contribution is 2.31. The van der Waals surface area contributed by atoms with E-state index in [1.54, 1.807) is 45.2 Å². The second kappa shape index (κ2) is 4.22. The third-order valence-corrected chi connectivity index (χ3v) is 2.84. The van der Waals surface area contributed by atoms with Crippen molar-refractivity contribution in [3.63, 3.8) is 0 Å². The minimum atomic E-state index is -1.19. The summed E-state index contributed by atoms with van der Waals surface area (Å²) in [6.45, 7) is 3.49. The number of ether oxygens (including phenoxy) is 1. The van der Waals surface area contributed by atoms with Crippen LogP contribution in [0, 0.1) is 6.92 Å². The predicted molar refractivity (Wildman–Crippen MR) is 62.9 cm³/mol. The molecule has 2 rings (SSSR count). The van der Waals surface area contributed by atoms with E-state index >= 15 is 0 Å². The number of nitrogens with zero attached hydrogens (tertiary/aromatic N) is 1. The van der Waals surface area contributed by atoms with Gasteiger partial charge < -0.3 is 14.3 Å². The van der Waals surface area contributed by atoms with Crippen LogP contribution < -0.4 is 4.74 Å². The summed E-state index contributed by atoms with van der Waals surface area (Å²) in [6.07, 6.45) is 1.34. The molecule has 4 heteroatoms. The van der Waals surface area contributed by atoms with Gasteiger partial charge in [-0.3, -0.25) is 0 Å². The van der Waals surface area contributed by atoms with Crippen LogP contribution in [-0.2, 0) is 5.60 Å². The van der Waals surface area contributed by atoms with Gasteiger partial charge in [0.1, 0.15) is 11.4 Å². The second-order valence-corrected chi connectivity index (χ2v) is 4.07. The van der Waals surface area contributed by atoms with Gasteiger partial charge in [0.05, 0.1) is 12.8 Å². The molecule has 0 fully saturated rings. The van der Waals surface area contributed by atoms with Crippen molar-refractivity contribution in [3.8, 4) is 5.75 Å². The van der Waals surface area contributed by atoms with E-state index in [4.69, 9.17) is 9.15 Å². The molecule has 1 atom stereocenters. The molecule has 90 valence electrons. The first-order chi connectivity index (χ1) is 8.05. The molecule has 0 saturated heterocycles. The van der Waals surface area contributed by atoms with E-state index in [0.717, 1.165) is 11.3 Å². The third kappa shape index (κ3) is 2.03. The Bertz CT molecular complexity index is 500. The van der Waals surface area contributed by atoms with E-state index in [-0.39, 0.29) is 0 Å². The molecule has 0 aliphatic carbocycles. The highest BCUT2D eigenvalue weighted by molar-refractivity contribution is 5.35. The van der Waals surface area contributed by atoms with Crippen molar-refractivity contribution < 1.29 is 14.3 Å². The van der Waals surface area contributed by atoms with Crippen molar-refractivity contribution in [2.75, 3.05) is 7.11 Å². The zero-order valence-corrected chi connectivity index (χ0v) is 10.1. The standard InChI is InChI=1S/C13H15NO3/c1-9-12(17-8-14-9)13(2,15)10-4-6-11(16-3)7-5-10/h4-8,15H,1-3H3. The van der Waals surface area contributed by atoms with E-state index in [0.29, 0.717) is 11.5 Å². The molecular weight excluding hydrogens is 218 g/mol. The van der Waals surface area contributed by atoms with E-state index in [1.165, 1.54) is 6.39 Å². The minimum absolute atomic E-state index is 0.461. The lowest BCUT2D eigenvalue weighted by Crippen LogP contribution is -2.23. The summed E-state index contributed by atoms with van der Waals surface area (Å²) in [5, 5.41) is 10.5. The maximum absolute atomic E-state index is 10.5. The molecule has 0 spiro atoms. The summed E-state index contributed by atoms with van der Waals surface area (Å²) in [6, 6.07) is 7.21. The lowest BCUT2D eigenvalue weighted by atomic mass is 9.92. The van der Waals surface area contributed by atoms with Crippen molar-refractivity contribution in [1.82, 2.24) is 4.98 Å². The van der Waals surface area contributed by atoms with E-state index in [9.17, 15) is 5.11 Å². The van der Waals surface area contributed by atoms with E-state index in [1.807, 2.05) is 0 Å². The van der Waals surface area contributed by atoms with Crippen molar-refractivity contribution in [3.05, 3.63) is 47.7 Å². The van der Waals surface area contributed by atoms with Crippen LogP contribution in [0.3, 0.4) is 0 Å². The molecule has 0 radical (unpaired) electrons. The summed E-state index contributed by atoms with van der Waals surface area (Å²) >= 11 is 0. The van der Waals surface area contributed by atoms with Gasteiger partial charge in [0.15, 0.2) is 12.2 Å². The average molecular weight is 233 g/mol. The molecule has 0 aliphatic heterocycles. The van der Waals surface area contributed by atoms with Gasteiger partial charge in [0, 0.05) is 0 Å². The van der Waals surface area contributed by atoms with Gasteiger partial charge in [0.2, 0.25) is 0 Å². The summed E-state index contributed by atoms with van der Waals surface area (Å²) in [4.78, 5) is 3.99. The quantitative estimate of drug-likeness (QED) is 0.883. The molecule has 1 aromatic heterocycles. The first kappa shape index (κ1) is 11.7. The maximum Gasteiger partial charge on any atom is 0.181 e. The zero-order valence-electron chi connectivity index (χ0n) is 10.1. The Kier molecular flexibility index (Phi) is 2.90. The number of aliphatic hydroxyl groups is 1. The van der Waals surface area contributed by atoms with Crippen molar-refractivity contribution >= 4 is 0 Å². The van der Waals surface area contributed by atoms with Crippen LogP contribution in [-0.4, -0.2) is 17.2 Å². The Hall–Kier alpha value is -1.81. The molecule has 17 heavy (non-hydrogen) atoms. The van der Waals surface area contributed by atoms with Crippen molar-refractivity contribution in [1.29, 1.82) is 0 Å². The Morgan fingerprint density at radius 1 is 1.29 bits per heavy atom. The maximum atomic E-state index is 10.5. The number of aryl methyl sites for hydroxylation is 1. The summed E-state index contributed by atoms with van der Waals surface area (Å²) in [7, 11) is 1.60. The molecular formula is C13H15NO3. The lowest BCUT2D eigenvalue weighted by molar-refractivity contribution is 0.0758. The predicted octanol–water partition coefficient (Wildman–Crippen LogP) is 2.25. The van der Waals surface area contributed by atoms with Crippen LogP contribution in [0.5, 0.6) is 5.75 Å². The number of benzene rings is 1. The number of hydrogen-bond donors (Lipinski definition) is 1. The molecule has 0 amide bonds. The van der Waals surface area contributed by atoms with Crippen LogP contribution in [0.15, 0.2) is 35.1 Å². The van der Waals surface area contributed by atoms with Crippen LogP contribution in [0.4, 0.5) is 0 Å². The molecule has 0 aliphatic rings. The van der Waals surface area contributed by atoms with Gasteiger partial charge in [-0.05, 0) is 31.5 Å². The smallest absolute Gasteiger partial charge is 0.181 e. The van der Waals surface area contributed by atoms with E-state index in [2.05, 4.69) is 4.98 Å². The summed E-state index contributed by atoms with van der Waals surface area (Å²) in [5.41, 5.74) is 0.233. The van der Waals surface area contributed by atoms with E-state index < -0.39 is 5.60 Å². The largest absolute Gasteiger partial charge is 0.497 e. The normalized spacial score (nSPS) is 14.4. The topological polar surface area (TPSA) is 55.5 Å². The monoisotopic (exact) mass is 233 g/mol. The molecule has 0 saturated carbocycles. The van der Waals surface area contributed by atoms with Gasteiger partial charge in [-0.1, -0.05) is 12.1 Å². The number of methoxy groups -OCH3 is 1. The summed E-state index contributed by atoms with van der Waals surface area (Å²) < 4.78 is 10.3. The zero-order chi connectivity index (χ0) is 12.5. The third-order valence-electron chi connectivity index (χ3n) is 2.84. The fraction of sp³-hybridized carbons (Fsp3) is 0.308. The lowest BCUT2D eigenvalue weighted by Gasteiger charge is -2.21. The molecule has 1 heterocycles. The number of rotatable bonds is 3. The Labute approximate surface area is 99.9 Å². The fourth-order valence-electron chi connectivity index (χ4n) is 1.82. The first-order valence-electron chi connectivity index (χ1n) is 5.33. The molecule has 1 unspecified atom stereocenters. The Morgan fingerprint density at radius 2 is 1.94 bits per heavy atom. The second-order valence-electron chi connectivity index (χ2n) is 4.07. The number of aromatic nitrogens is 1. The van der Waals surface area contributed by atoms with Gasteiger partial charge in [-0.15, -0.1) is 0 Å². The molecule has 1 aromatic carbocycles. The van der Waals surface area contributed by atoms with Gasteiger partial charge in [-0.25, -0.2) is 4.98 Å². The summed E-state index contributed by atoms with van der Waals surface area (Å²) in [5.74, 6) is 1.21. The molecule has 1 N–H and O–H groups in total. The fourth-order valence-corrected chi connectivity index (χ4v) is 1.82.